The first-order valence-corrected chi connectivity index (χ1v) is 9.52. The average Bonchev–Trinajstić information content (AvgIpc) is 2.80. The predicted octanol–water partition coefficient (Wildman–Crippen LogP) is 5.59. The number of rotatable bonds is 8. The molecule has 0 fully saturated rings. The third-order valence-corrected chi connectivity index (χ3v) is 4.52. The van der Waals surface area contributed by atoms with Crippen molar-refractivity contribution in [3.05, 3.63) is 114 Å². The van der Waals surface area contributed by atoms with Crippen molar-refractivity contribution >= 4 is 24.1 Å². The summed E-state index contributed by atoms with van der Waals surface area (Å²) in [6.45, 7) is 7.63. The lowest BCUT2D eigenvalue weighted by molar-refractivity contribution is 0.0508. The molecule has 0 spiro atoms. The molecule has 0 aromatic heterocycles. The van der Waals surface area contributed by atoms with Gasteiger partial charge in [-0.25, -0.2) is 9.59 Å². The van der Waals surface area contributed by atoms with Gasteiger partial charge in [0.1, 0.15) is 5.75 Å². The number of hydrogen-bond donors (Lipinski definition) is 0. The normalized spacial score (nSPS) is 10.1. The van der Waals surface area contributed by atoms with E-state index in [9.17, 15) is 9.59 Å². The summed E-state index contributed by atoms with van der Waals surface area (Å²) in [4.78, 5) is 24.3. The molecule has 0 amide bonds. The van der Waals surface area contributed by atoms with Gasteiger partial charge >= 0.3 is 11.9 Å². The summed E-state index contributed by atoms with van der Waals surface area (Å²) in [7, 11) is 0. The molecule has 0 aliphatic heterocycles. The molecular formula is C26H22O4. The highest BCUT2D eigenvalue weighted by Crippen LogP contribution is 2.16. The van der Waals surface area contributed by atoms with Crippen molar-refractivity contribution in [2.24, 2.45) is 0 Å². The van der Waals surface area contributed by atoms with Gasteiger partial charge in [0, 0.05) is 6.42 Å². The van der Waals surface area contributed by atoms with Crippen LogP contribution in [0.25, 0.3) is 12.2 Å². The molecule has 0 radical (unpaired) electrons. The summed E-state index contributed by atoms with van der Waals surface area (Å²) in [5.41, 5.74) is 3.83. The molecule has 3 aromatic rings. The van der Waals surface area contributed by atoms with Crippen LogP contribution < -0.4 is 4.74 Å². The maximum Gasteiger partial charge on any atom is 0.343 e. The van der Waals surface area contributed by atoms with Gasteiger partial charge in [-0.2, -0.15) is 0 Å². The summed E-state index contributed by atoms with van der Waals surface area (Å²) in [5, 5.41) is 0. The monoisotopic (exact) mass is 398 g/mol. The van der Waals surface area contributed by atoms with Gasteiger partial charge in [-0.05, 0) is 53.1 Å². The fourth-order valence-corrected chi connectivity index (χ4v) is 2.75. The molecule has 3 aromatic carbocycles. The van der Waals surface area contributed by atoms with Crippen LogP contribution in [0.1, 0.15) is 37.4 Å². The van der Waals surface area contributed by atoms with Crippen molar-refractivity contribution in [2.75, 3.05) is 6.61 Å². The van der Waals surface area contributed by atoms with Crippen molar-refractivity contribution < 1.29 is 19.1 Å². The van der Waals surface area contributed by atoms with E-state index in [-0.39, 0.29) is 12.6 Å². The number of hydrogen-bond acceptors (Lipinski definition) is 4. The quantitative estimate of drug-likeness (QED) is 0.367. The second-order valence-electron chi connectivity index (χ2n) is 6.57. The minimum Gasteiger partial charge on any atom is -0.462 e. The van der Waals surface area contributed by atoms with Gasteiger partial charge in [0.2, 0.25) is 0 Å². The fraction of sp³-hybridized carbons (Fsp3) is 0.0769. The van der Waals surface area contributed by atoms with Gasteiger partial charge in [0.05, 0.1) is 17.7 Å². The zero-order valence-electron chi connectivity index (χ0n) is 16.5. The molecule has 0 aliphatic carbocycles. The highest BCUT2D eigenvalue weighted by Gasteiger charge is 2.09. The van der Waals surface area contributed by atoms with Crippen molar-refractivity contribution in [2.45, 2.75) is 6.42 Å². The molecule has 4 heteroatoms. The zero-order chi connectivity index (χ0) is 21.3. The van der Waals surface area contributed by atoms with E-state index in [1.165, 1.54) is 0 Å². The Bertz CT molecular complexity index is 1030. The third-order valence-electron chi connectivity index (χ3n) is 4.52. The van der Waals surface area contributed by atoms with E-state index in [0.29, 0.717) is 23.3 Å². The lowest BCUT2D eigenvalue weighted by atomic mass is 10.1. The van der Waals surface area contributed by atoms with Crippen LogP contribution in [-0.2, 0) is 11.2 Å². The Morgan fingerprint density at radius 1 is 0.700 bits per heavy atom. The van der Waals surface area contributed by atoms with Crippen LogP contribution in [-0.4, -0.2) is 18.5 Å². The van der Waals surface area contributed by atoms with Gasteiger partial charge < -0.3 is 9.47 Å². The van der Waals surface area contributed by atoms with Crippen molar-refractivity contribution in [1.29, 1.82) is 0 Å². The van der Waals surface area contributed by atoms with Crippen LogP contribution in [0.2, 0.25) is 0 Å². The molecule has 30 heavy (non-hydrogen) atoms. The van der Waals surface area contributed by atoms with E-state index in [2.05, 4.69) is 13.2 Å². The first kappa shape index (κ1) is 20.8. The molecule has 3 rings (SSSR count). The second-order valence-corrected chi connectivity index (χ2v) is 6.57. The second kappa shape index (κ2) is 10.0. The van der Waals surface area contributed by atoms with E-state index < -0.39 is 5.97 Å². The molecular weight excluding hydrogens is 376 g/mol. The Balaban J connectivity index is 1.48. The Labute approximate surface area is 176 Å². The molecule has 4 nitrogen and oxygen atoms in total. The first-order valence-electron chi connectivity index (χ1n) is 9.52. The molecule has 0 saturated heterocycles. The largest absolute Gasteiger partial charge is 0.462 e. The van der Waals surface area contributed by atoms with E-state index >= 15 is 0 Å². The number of carbonyl (C=O) groups excluding carboxylic acids is 2. The summed E-state index contributed by atoms with van der Waals surface area (Å²) < 4.78 is 10.7. The van der Waals surface area contributed by atoms with Gasteiger partial charge in [0.25, 0.3) is 0 Å². The number of benzene rings is 3. The van der Waals surface area contributed by atoms with Crippen LogP contribution in [0.3, 0.4) is 0 Å². The van der Waals surface area contributed by atoms with Gasteiger partial charge in [-0.1, -0.05) is 61.7 Å². The Morgan fingerprint density at radius 2 is 1.20 bits per heavy atom. The van der Waals surface area contributed by atoms with Crippen LogP contribution in [0.4, 0.5) is 0 Å². The Hall–Kier alpha value is -3.92. The van der Waals surface area contributed by atoms with E-state index in [1.54, 1.807) is 48.6 Å². The lowest BCUT2D eigenvalue weighted by Crippen LogP contribution is -2.09. The molecule has 0 saturated carbocycles. The summed E-state index contributed by atoms with van der Waals surface area (Å²) in [6.07, 6.45) is 3.99. The number of carbonyl (C=O) groups is 2. The zero-order valence-corrected chi connectivity index (χ0v) is 16.5. The molecule has 0 N–H and O–H groups in total. The van der Waals surface area contributed by atoms with Crippen molar-refractivity contribution in [3.63, 3.8) is 0 Å². The minimum absolute atomic E-state index is 0.261. The molecule has 0 atom stereocenters. The topological polar surface area (TPSA) is 52.6 Å². The maximum atomic E-state index is 12.2. The first-order chi connectivity index (χ1) is 14.6. The average molecular weight is 398 g/mol. The number of ether oxygens (including phenoxy) is 2. The molecule has 0 heterocycles. The van der Waals surface area contributed by atoms with Gasteiger partial charge in [0.15, 0.2) is 0 Å². The van der Waals surface area contributed by atoms with Gasteiger partial charge in [-0.3, -0.25) is 0 Å². The van der Waals surface area contributed by atoms with Crippen molar-refractivity contribution in [1.82, 2.24) is 0 Å². The Morgan fingerprint density at radius 3 is 1.70 bits per heavy atom. The van der Waals surface area contributed by atoms with E-state index in [4.69, 9.17) is 9.47 Å². The van der Waals surface area contributed by atoms with Crippen molar-refractivity contribution in [3.8, 4) is 5.75 Å². The predicted molar refractivity (Wildman–Crippen MR) is 118 cm³/mol. The van der Waals surface area contributed by atoms with Crippen LogP contribution >= 0.6 is 0 Å². The van der Waals surface area contributed by atoms with Crippen LogP contribution in [0.15, 0.2) is 86.0 Å². The molecule has 150 valence electrons. The SMILES string of the molecule is C=Cc1ccc(C(=O)OCCc2ccc(OC(=O)c3ccc(C=C)cc3)cc2)cc1. The highest BCUT2D eigenvalue weighted by atomic mass is 16.5. The van der Waals surface area contributed by atoms with E-state index in [0.717, 1.165) is 16.7 Å². The molecule has 0 aliphatic rings. The maximum absolute atomic E-state index is 12.2. The smallest absolute Gasteiger partial charge is 0.343 e. The van der Waals surface area contributed by atoms with Crippen LogP contribution in [0, 0.1) is 0 Å². The minimum atomic E-state index is -0.422. The summed E-state index contributed by atoms with van der Waals surface area (Å²) >= 11 is 0. The highest BCUT2D eigenvalue weighted by molar-refractivity contribution is 5.91. The van der Waals surface area contributed by atoms with Crippen LogP contribution in [0.5, 0.6) is 5.75 Å². The third kappa shape index (κ3) is 5.55. The number of esters is 2. The summed E-state index contributed by atoms with van der Waals surface area (Å²) in [6, 6.07) is 21.2. The van der Waals surface area contributed by atoms with E-state index in [1.807, 2.05) is 36.4 Å². The standard InChI is InChI=1S/C26H22O4/c1-3-19-5-11-22(12-6-19)25(27)29-18-17-21-9-15-24(16-10-21)30-26(28)23-13-7-20(4-2)8-14-23/h3-16H,1-2,17-18H2. The lowest BCUT2D eigenvalue weighted by Gasteiger charge is -2.07. The molecule has 0 bridgehead atoms. The Kier molecular flexibility index (Phi) is 6.95. The fourth-order valence-electron chi connectivity index (χ4n) is 2.75. The van der Waals surface area contributed by atoms with Gasteiger partial charge in [-0.15, -0.1) is 0 Å². The molecule has 0 unspecified atom stereocenters. The summed E-state index contributed by atoms with van der Waals surface area (Å²) in [5.74, 6) is -0.329.